The highest BCUT2D eigenvalue weighted by atomic mass is 16.5. The molecule has 0 radical (unpaired) electrons. The molecule has 1 heterocycles. The maximum absolute atomic E-state index is 11.9. The lowest BCUT2D eigenvalue weighted by molar-refractivity contribution is -0.143. The molecule has 0 amide bonds. The summed E-state index contributed by atoms with van der Waals surface area (Å²) >= 11 is 0. The Hall–Kier alpha value is -3.20. The van der Waals surface area contributed by atoms with E-state index in [9.17, 15) is 9.59 Å². The second-order valence-electron chi connectivity index (χ2n) is 3.84. The van der Waals surface area contributed by atoms with Crippen LogP contribution in [-0.2, 0) is 14.3 Å². The molecule has 0 bridgehead atoms. The van der Waals surface area contributed by atoms with Crippen molar-refractivity contribution in [3.05, 3.63) is 17.1 Å². The second kappa shape index (κ2) is 7.55. The first-order valence-corrected chi connectivity index (χ1v) is 6.30. The summed E-state index contributed by atoms with van der Waals surface area (Å²) in [5, 5.41) is 18.0. The van der Waals surface area contributed by atoms with Gasteiger partial charge in [0.2, 0.25) is 0 Å². The van der Waals surface area contributed by atoms with Gasteiger partial charge >= 0.3 is 11.9 Å². The summed E-state index contributed by atoms with van der Waals surface area (Å²) in [6, 6.07) is 3.35. The molecule has 1 aromatic rings. The van der Waals surface area contributed by atoms with E-state index in [2.05, 4.69) is 9.97 Å². The molecule has 0 fully saturated rings. The lowest BCUT2D eigenvalue weighted by atomic mass is 10.0. The molecule has 114 valence electrons. The van der Waals surface area contributed by atoms with Gasteiger partial charge in [0.1, 0.15) is 11.8 Å². The fourth-order valence-electron chi connectivity index (χ4n) is 1.55. The molecule has 0 aliphatic rings. The summed E-state index contributed by atoms with van der Waals surface area (Å²) < 4.78 is 9.54. The lowest BCUT2D eigenvalue weighted by Crippen LogP contribution is -2.22. The molecule has 9 heteroatoms. The van der Waals surface area contributed by atoms with Crippen LogP contribution in [0.5, 0.6) is 0 Å². The van der Waals surface area contributed by atoms with E-state index in [1.54, 1.807) is 26.0 Å². The minimum Gasteiger partial charge on any atom is -0.465 e. The smallest absolute Gasteiger partial charge is 0.358 e. The van der Waals surface area contributed by atoms with Crippen molar-refractivity contribution in [3.8, 4) is 12.1 Å². The molecule has 1 unspecified atom stereocenters. The van der Waals surface area contributed by atoms with Crippen molar-refractivity contribution in [1.82, 2.24) is 9.97 Å². The minimum atomic E-state index is -1.50. The van der Waals surface area contributed by atoms with Crippen LogP contribution in [-0.4, -0.2) is 35.1 Å². The molecule has 0 aliphatic carbocycles. The highest BCUT2D eigenvalue weighted by Crippen LogP contribution is 2.21. The Kier molecular flexibility index (Phi) is 5.78. The van der Waals surface area contributed by atoms with Crippen molar-refractivity contribution >= 4 is 17.8 Å². The third-order valence-electron chi connectivity index (χ3n) is 2.45. The van der Waals surface area contributed by atoms with Crippen molar-refractivity contribution in [2.75, 3.05) is 18.9 Å². The van der Waals surface area contributed by atoms with Crippen LogP contribution in [0.2, 0.25) is 0 Å². The third kappa shape index (κ3) is 3.46. The molecule has 0 saturated heterocycles. The Bertz CT molecular complexity index is 674. The Labute approximate surface area is 126 Å². The van der Waals surface area contributed by atoms with Gasteiger partial charge in [-0.1, -0.05) is 0 Å². The number of carbonyl (C=O) groups is 2. The number of nitrogen functional groups attached to an aromatic ring is 1. The number of ether oxygens (including phenoxy) is 2. The van der Waals surface area contributed by atoms with E-state index < -0.39 is 23.6 Å². The summed E-state index contributed by atoms with van der Waals surface area (Å²) in [4.78, 5) is 31.2. The summed E-state index contributed by atoms with van der Waals surface area (Å²) in [5.74, 6) is -3.60. The van der Waals surface area contributed by atoms with E-state index in [4.69, 9.17) is 25.7 Å². The first-order chi connectivity index (χ1) is 10.5. The van der Waals surface area contributed by atoms with Gasteiger partial charge in [-0.15, -0.1) is 0 Å². The Morgan fingerprint density at radius 3 is 2.36 bits per heavy atom. The van der Waals surface area contributed by atoms with Crippen molar-refractivity contribution < 1.29 is 19.1 Å². The van der Waals surface area contributed by atoms with Crippen LogP contribution >= 0.6 is 0 Å². The normalized spacial score (nSPS) is 10.9. The van der Waals surface area contributed by atoms with Crippen LogP contribution in [0.4, 0.5) is 5.82 Å². The molecule has 1 aromatic heterocycles. The molecule has 0 aromatic carbocycles. The van der Waals surface area contributed by atoms with Crippen LogP contribution < -0.4 is 5.73 Å². The number of hydrogen-bond donors (Lipinski definition) is 1. The maximum atomic E-state index is 11.9. The molecule has 0 saturated carbocycles. The second-order valence-corrected chi connectivity index (χ2v) is 3.84. The Morgan fingerprint density at radius 2 is 1.86 bits per heavy atom. The third-order valence-corrected chi connectivity index (χ3v) is 2.45. The van der Waals surface area contributed by atoms with E-state index in [1.807, 2.05) is 0 Å². The first kappa shape index (κ1) is 16.9. The van der Waals surface area contributed by atoms with Gasteiger partial charge in [0.25, 0.3) is 0 Å². The Morgan fingerprint density at radius 1 is 1.23 bits per heavy atom. The van der Waals surface area contributed by atoms with Crippen LogP contribution in [0, 0.1) is 22.7 Å². The summed E-state index contributed by atoms with van der Waals surface area (Å²) in [5.41, 5.74) is 4.53. The largest absolute Gasteiger partial charge is 0.465 e. The number of nitriles is 2. The standard InChI is InChI=1S/C13H13N5O4/c1-3-21-12(19)7(5-14)9-10(13(20)22-4-2)17-8(6-15)11(16)18-9/h7H,3-4H2,1-2H3,(H2,16,18). The zero-order chi connectivity index (χ0) is 16.7. The average molecular weight is 303 g/mol. The zero-order valence-electron chi connectivity index (χ0n) is 12.0. The van der Waals surface area contributed by atoms with Gasteiger partial charge < -0.3 is 15.2 Å². The van der Waals surface area contributed by atoms with Crippen LogP contribution in [0.3, 0.4) is 0 Å². The van der Waals surface area contributed by atoms with E-state index >= 15 is 0 Å². The number of rotatable bonds is 5. The molecular formula is C13H13N5O4. The van der Waals surface area contributed by atoms with Crippen molar-refractivity contribution in [2.45, 2.75) is 19.8 Å². The van der Waals surface area contributed by atoms with Gasteiger partial charge in [-0.3, -0.25) is 4.79 Å². The zero-order valence-corrected chi connectivity index (χ0v) is 12.0. The molecule has 0 aliphatic heterocycles. The maximum Gasteiger partial charge on any atom is 0.358 e. The topological polar surface area (TPSA) is 152 Å². The van der Waals surface area contributed by atoms with Crippen molar-refractivity contribution in [3.63, 3.8) is 0 Å². The fraction of sp³-hybridized carbons (Fsp3) is 0.385. The van der Waals surface area contributed by atoms with Crippen LogP contribution in [0.15, 0.2) is 0 Å². The molecular weight excluding hydrogens is 290 g/mol. The number of carbonyl (C=O) groups excluding carboxylic acids is 2. The predicted octanol–water partition coefficient (Wildman–Crippen LogP) is 0.277. The molecule has 9 nitrogen and oxygen atoms in total. The number of hydrogen-bond acceptors (Lipinski definition) is 9. The van der Waals surface area contributed by atoms with Gasteiger partial charge in [-0.05, 0) is 13.8 Å². The summed E-state index contributed by atoms with van der Waals surface area (Å²) in [6.07, 6.45) is 0. The number of anilines is 1. The molecule has 22 heavy (non-hydrogen) atoms. The van der Waals surface area contributed by atoms with Gasteiger partial charge in [0.05, 0.1) is 19.3 Å². The summed E-state index contributed by atoms with van der Waals surface area (Å²) in [6.45, 7) is 3.23. The van der Waals surface area contributed by atoms with Crippen LogP contribution in [0.1, 0.15) is 41.6 Å². The number of esters is 2. The monoisotopic (exact) mass is 303 g/mol. The predicted molar refractivity (Wildman–Crippen MR) is 72.1 cm³/mol. The van der Waals surface area contributed by atoms with E-state index in [0.717, 1.165) is 0 Å². The molecule has 0 spiro atoms. The lowest BCUT2D eigenvalue weighted by Gasteiger charge is -2.12. The average Bonchev–Trinajstić information content (AvgIpc) is 2.48. The molecule has 2 N–H and O–H groups in total. The fourth-order valence-corrected chi connectivity index (χ4v) is 1.55. The SMILES string of the molecule is CCOC(=O)c1nc(C#N)c(N)nc1C(C#N)C(=O)OCC. The summed E-state index contributed by atoms with van der Waals surface area (Å²) in [7, 11) is 0. The van der Waals surface area contributed by atoms with Crippen molar-refractivity contribution in [1.29, 1.82) is 10.5 Å². The van der Waals surface area contributed by atoms with Crippen LogP contribution in [0.25, 0.3) is 0 Å². The van der Waals surface area contributed by atoms with Gasteiger partial charge in [0.15, 0.2) is 23.1 Å². The van der Waals surface area contributed by atoms with E-state index in [0.29, 0.717) is 0 Å². The van der Waals surface area contributed by atoms with Gasteiger partial charge in [-0.2, -0.15) is 10.5 Å². The minimum absolute atomic E-state index is 0.0445. The first-order valence-electron chi connectivity index (χ1n) is 6.30. The van der Waals surface area contributed by atoms with E-state index in [-0.39, 0.29) is 30.4 Å². The number of nitrogens with zero attached hydrogens (tertiary/aromatic N) is 4. The number of nitrogens with two attached hydrogens (primary N) is 1. The van der Waals surface area contributed by atoms with Gasteiger partial charge in [0, 0.05) is 0 Å². The quantitative estimate of drug-likeness (QED) is 0.755. The van der Waals surface area contributed by atoms with Crippen molar-refractivity contribution in [2.24, 2.45) is 0 Å². The molecule has 1 rings (SSSR count). The molecule has 1 atom stereocenters. The van der Waals surface area contributed by atoms with Gasteiger partial charge in [-0.25, -0.2) is 14.8 Å². The highest BCUT2D eigenvalue weighted by molar-refractivity contribution is 5.92. The Balaban J connectivity index is 3.47. The number of aromatic nitrogens is 2. The van der Waals surface area contributed by atoms with E-state index in [1.165, 1.54) is 0 Å². The highest BCUT2D eigenvalue weighted by Gasteiger charge is 2.31.